The van der Waals surface area contributed by atoms with E-state index in [1.54, 1.807) is 0 Å². The van der Waals surface area contributed by atoms with E-state index >= 15 is 0 Å². The molecule has 1 aliphatic heterocycles. The summed E-state index contributed by atoms with van der Waals surface area (Å²) in [7, 11) is 0. The Balaban J connectivity index is 1.37. The van der Waals surface area contributed by atoms with Crippen LogP contribution in [0.15, 0.2) is 54.6 Å². The molecular weight excluding hydrogens is 398 g/mol. The maximum absolute atomic E-state index is 13.3. The number of rotatable bonds is 6. The normalized spacial score (nSPS) is 18.1. The van der Waals surface area contributed by atoms with Gasteiger partial charge in [-0.1, -0.05) is 57.0 Å². The van der Waals surface area contributed by atoms with Crippen molar-refractivity contribution in [2.75, 3.05) is 36.4 Å². The molecule has 2 aromatic rings. The molecule has 4 rings (SSSR count). The van der Waals surface area contributed by atoms with Crippen molar-refractivity contribution in [3.05, 3.63) is 60.2 Å². The van der Waals surface area contributed by atoms with Gasteiger partial charge in [-0.15, -0.1) is 0 Å². The Bertz CT molecular complexity index is 910. The van der Waals surface area contributed by atoms with Crippen molar-refractivity contribution >= 4 is 23.2 Å². The molecule has 32 heavy (non-hydrogen) atoms. The van der Waals surface area contributed by atoms with Gasteiger partial charge in [0.05, 0.1) is 5.41 Å². The summed E-state index contributed by atoms with van der Waals surface area (Å²) in [5.41, 5.74) is 2.68. The zero-order valence-corrected chi connectivity index (χ0v) is 19.3. The van der Waals surface area contributed by atoms with Crippen LogP contribution in [0, 0.1) is 5.92 Å². The third-order valence-electron chi connectivity index (χ3n) is 6.92. The predicted molar refractivity (Wildman–Crippen MR) is 130 cm³/mol. The maximum atomic E-state index is 13.3. The summed E-state index contributed by atoms with van der Waals surface area (Å²) in [6, 6.07) is 18.4. The average molecular weight is 434 g/mol. The van der Waals surface area contributed by atoms with Crippen LogP contribution >= 0.6 is 0 Å². The molecule has 1 saturated carbocycles. The summed E-state index contributed by atoms with van der Waals surface area (Å²) in [4.78, 5) is 29.9. The van der Waals surface area contributed by atoms with Gasteiger partial charge in [-0.25, -0.2) is 0 Å². The van der Waals surface area contributed by atoms with E-state index in [-0.39, 0.29) is 11.8 Å². The molecule has 0 spiro atoms. The van der Waals surface area contributed by atoms with Gasteiger partial charge in [-0.2, -0.15) is 0 Å². The fourth-order valence-electron chi connectivity index (χ4n) is 5.08. The smallest absolute Gasteiger partial charge is 0.235 e. The molecule has 1 saturated heterocycles. The summed E-state index contributed by atoms with van der Waals surface area (Å²) in [5.74, 6) is 0.761. The second kappa shape index (κ2) is 9.76. The van der Waals surface area contributed by atoms with Crippen LogP contribution < -0.4 is 10.2 Å². The van der Waals surface area contributed by atoms with E-state index in [0.29, 0.717) is 12.3 Å². The lowest BCUT2D eigenvalue weighted by Crippen LogP contribution is -2.49. The highest BCUT2D eigenvalue weighted by molar-refractivity contribution is 5.99. The molecule has 2 aliphatic rings. The molecule has 1 heterocycles. The topological polar surface area (TPSA) is 52.7 Å². The fourth-order valence-corrected chi connectivity index (χ4v) is 5.08. The molecule has 2 amide bonds. The van der Waals surface area contributed by atoms with Gasteiger partial charge in [-0.3, -0.25) is 9.59 Å². The van der Waals surface area contributed by atoms with E-state index in [2.05, 4.69) is 48.3 Å². The van der Waals surface area contributed by atoms with Crippen molar-refractivity contribution in [3.8, 4) is 0 Å². The average Bonchev–Trinajstić information content (AvgIpc) is 3.31. The molecule has 0 bridgehead atoms. The minimum atomic E-state index is -0.418. The first-order valence-corrected chi connectivity index (χ1v) is 12.0. The lowest BCUT2D eigenvalue weighted by Gasteiger charge is -2.36. The minimum Gasteiger partial charge on any atom is -0.368 e. The van der Waals surface area contributed by atoms with Gasteiger partial charge in [0.25, 0.3) is 0 Å². The van der Waals surface area contributed by atoms with Crippen molar-refractivity contribution in [2.24, 2.45) is 5.92 Å². The van der Waals surface area contributed by atoms with Crippen LogP contribution in [0.5, 0.6) is 0 Å². The first-order valence-electron chi connectivity index (χ1n) is 12.0. The van der Waals surface area contributed by atoms with Crippen molar-refractivity contribution in [1.82, 2.24) is 4.90 Å². The van der Waals surface area contributed by atoms with Crippen LogP contribution in [0.1, 0.15) is 51.5 Å². The molecule has 0 radical (unpaired) electrons. The van der Waals surface area contributed by atoms with Gasteiger partial charge in [0.1, 0.15) is 0 Å². The number of anilines is 2. The number of hydrogen-bond acceptors (Lipinski definition) is 3. The monoisotopic (exact) mass is 433 g/mol. The molecule has 0 aromatic heterocycles. The summed E-state index contributed by atoms with van der Waals surface area (Å²) in [6.07, 6.45) is 4.61. The van der Waals surface area contributed by atoms with Crippen LogP contribution in [0.3, 0.4) is 0 Å². The highest BCUT2D eigenvalue weighted by atomic mass is 16.2. The molecule has 170 valence electrons. The minimum absolute atomic E-state index is 0.103. The quantitative estimate of drug-likeness (QED) is 0.710. The molecule has 5 heteroatoms. The number of nitrogens with one attached hydrogen (secondary N) is 1. The van der Waals surface area contributed by atoms with E-state index in [9.17, 15) is 9.59 Å². The Hall–Kier alpha value is -2.82. The van der Waals surface area contributed by atoms with Crippen molar-refractivity contribution in [3.63, 3.8) is 0 Å². The molecule has 1 aliphatic carbocycles. The largest absolute Gasteiger partial charge is 0.368 e. The number of nitrogens with zero attached hydrogens (tertiary/aromatic N) is 2. The number of carbonyl (C=O) groups excluding carboxylic acids is 2. The summed E-state index contributed by atoms with van der Waals surface area (Å²) in [5, 5.41) is 3.18. The number of piperazine rings is 1. The maximum Gasteiger partial charge on any atom is 0.235 e. The van der Waals surface area contributed by atoms with Gasteiger partial charge >= 0.3 is 0 Å². The highest BCUT2D eigenvalue weighted by Crippen LogP contribution is 2.42. The number of amides is 2. The first-order chi connectivity index (χ1) is 15.5. The zero-order chi connectivity index (χ0) is 22.6. The van der Waals surface area contributed by atoms with Crippen LogP contribution in [-0.2, 0) is 15.0 Å². The molecular formula is C27H35N3O2. The van der Waals surface area contributed by atoms with E-state index in [1.165, 1.54) is 0 Å². The standard InChI is InChI=1S/C27H35N3O2/c1-21(2)20-25(31)30-18-16-29(17-19-30)24-12-10-23(11-13-24)28-26(32)27(14-6-7-15-27)22-8-4-3-5-9-22/h3-5,8-13,21H,6-7,14-20H2,1-2H3,(H,28,32). The highest BCUT2D eigenvalue weighted by Gasteiger charge is 2.42. The SMILES string of the molecule is CC(C)CC(=O)N1CCN(c2ccc(NC(=O)C3(c4ccccc4)CCCC3)cc2)CC1. The lowest BCUT2D eigenvalue weighted by atomic mass is 9.78. The second-order valence-electron chi connectivity index (χ2n) is 9.62. The molecule has 0 unspecified atom stereocenters. The fraction of sp³-hybridized carbons (Fsp3) is 0.481. The Morgan fingerprint density at radius 3 is 2.12 bits per heavy atom. The Morgan fingerprint density at radius 2 is 1.53 bits per heavy atom. The molecule has 1 N–H and O–H groups in total. The molecule has 2 fully saturated rings. The summed E-state index contributed by atoms with van der Waals surface area (Å²) in [6.45, 7) is 7.39. The zero-order valence-electron chi connectivity index (χ0n) is 19.3. The number of carbonyl (C=O) groups is 2. The van der Waals surface area contributed by atoms with Gasteiger partial charge in [-0.05, 0) is 48.6 Å². The third-order valence-corrected chi connectivity index (χ3v) is 6.92. The van der Waals surface area contributed by atoms with E-state index in [1.807, 2.05) is 35.2 Å². The number of hydrogen-bond donors (Lipinski definition) is 1. The summed E-state index contributed by atoms with van der Waals surface area (Å²) < 4.78 is 0. The molecule has 5 nitrogen and oxygen atoms in total. The third kappa shape index (κ3) is 4.82. The van der Waals surface area contributed by atoms with E-state index in [0.717, 1.165) is 68.8 Å². The van der Waals surface area contributed by atoms with Crippen molar-refractivity contribution < 1.29 is 9.59 Å². The van der Waals surface area contributed by atoms with Crippen molar-refractivity contribution in [1.29, 1.82) is 0 Å². The first kappa shape index (κ1) is 22.4. The Labute approximate surface area is 191 Å². The van der Waals surface area contributed by atoms with Crippen LogP contribution in [0.4, 0.5) is 11.4 Å². The lowest BCUT2D eigenvalue weighted by molar-refractivity contribution is -0.132. The Morgan fingerprint density at radius 1 is 0.906 bits per heavy atom. The van der Waals surface area contributed by atoms with Crippen LogP contribution in [0.25, 0.3) is 0 Å². The van der Waals surface area contributed by atoms with Gasteiger partial charge in [0.2, 0.25) is 11.8 Å². The van der Waals surface area contributed by atoms with Crippen molar-refractivity contribution in [2.45, 2.75) is 51.4 Å². The van der Waals surface area contributed by atoms with Gasteiger partial charge < -0.3 is 15.1 Å². The molecule has 0 atom stereocenters. The predicted octanol–water partition coefficient (Wildman–Crippen LogP) is 4.83. The van der Waals surface area contributed by atoms with Gasteiger partial charge in [0.15, 0.2) is 0 Å². The molecule has 2 aromatic carbocycles. The summed E-state index contributed by atoms with van der Waals surface area (Å²) >= 11 is 0. The van der Waals surface area contributed by atoms with E-state index in [4.69, 9.17) is 0 Å². The second-order valence-corrected chi connectivity index (χ2v) is 9.62. The van der Waals surface area contributed by atoms with Gasteiger partial charge in [0, 0.05) is 44.0 Å². The van der Waals surface area contributed by atoms with Crippen LogP contribution in [0.2, 0.25) is 0 Å². The number of benzene rings is 2. The van der Waals surface area contributed by atoms with E-state index < -0.39 is 5.41 Å². The van der Waals surface area contributed by atoms with Crippen LogP contribution in [-0.4, -0.2) is 42.9 Å². The Kier molecular flexibility index (Phi) is 6.83.